The van der Waals surface area contributed by atoms with Gasteiger partial charge in [-0.2, -0.15) is 0 Å². The zero-order valence-electron chi connectivity index (χ0n) is 14.2. The molecule has 0 atom stereocenters. The van der Waals surface area contributed by atoms with Gasteiger partial charge in [-0.25, -0.2) is 4.39 Å². The summed E-state index contributed by atoms with van der Waals surface area (Å²) in [5, 5.41) is 0. The van der Waals surface area contributed by atoms with E-state index >= 15 is 0 Å². The average Bonchev–Trinajstić information content (AvgIpc) is 2.61. The lowest BCUT2D eigenvalue weighted by Crippen LogP contribution is -2.30. The normalized spacial score (nSPS) is 13.4. The van der Waals surface area contributed by atoms with Crippen molar-refractivity contribution in [3.63, 3.8) is 0 Å². The number of carbonyl (C=O) groups is 1. The molecule has 2 aromatic rings. The minimum Gasteiger partial charge on any atom is -0.345 e. The van der Waals surface area contributed by atoms with E-state index in [4.69, 9.17) is 0 Å². The van der Waals surface area contributed by atoms with Gasteiger partial charge in [0.2, 0.25) is 5.91 Å². The number of fused-ring (bicyclic) bond motifs is 1. The minimum atomic E-state index is -0.226. The molecule has 3 rings (SSSR count). The van der Waals surface area contributed by atoms with Crippen molar-refractivity contribution in [2.45, 2.75) is 38.5 Å². The third kappa shape index (κ3) is 4.22. The van der Waals surface area contributed by atoms with Gasteiger partial charge in [-0.05, 0) is 66.5 Å². The lowest BCUT2D eigenvalue weighted by atomic mass is 9.90. The number of hydrogen-bond acceptors (Lipinski definition) is 1. The molecule has 126 valence electrons. The van der Waals surface area contributed by atoms with E-state index in [1.165, 1.54) is 42.5 Å². The molecule has 2 aromatic carbocycles. The Balaban J connectivity index is 1.55. The molecule has 1 aliphatic carbocycles. The van der Waals surface area contributed by atoms with Crippen molar-refractivity contribution in [1.29, 1.82) is 0 Å². The lowest BCUT2D eigenvalue weighted by Gasteiger charge is -2.19. The average molecular weight is 325 g/mol. The number of amides is 1. The van der Waals surface area contributed by atoms with Gasteiger partial charge in [0, 0.05) is 13.6 Å². The van der Waals surface area contributed by atoms with Crippen molar-refractivity contribution in [2.75, 3.05) is 13.6 Å². The van der Waals surface area contributed by atoms with Gasteiger partial charge in [-0.3, -0.25) is 4.79 Å². The van der Waals surface area contributed by atoms with Gasteiger partial charge in [0.05, 0.1) is 6.42 Å². The summed E-state index contributed by atoms with van der Waals surface area (Å²) in [6.07, 6.45) is 6.03. The molecule has 2 nitrogen and oxygen atoms in total. The third-order valence-electron chi connectivity index (χ3n) is 4.84. The third-order valence-corrected chi connectivity index (χ3v) is 4.84. The second kappa shape index (κ2) is 7.61. The first-order chi connectivity index (χ1) is 11.6. The van der Waals surface area contributed by atoms with Crippen LogP contribution in [0.4, 0.5) is 4.39 Å². The van der Waals surface area contributed by atoms with Crippen molar-refractivity contribution in [3.05, 3.63) is 70.5 Å². The predicted octanol–water partition coefficient (Wildman–Crippen LogP) is 3.95. The fourth-order valence-electron chi connectivity index (χ4n) is 3.28. The van der Waals surface area contributed by atoms with Gasteiger partial charge in [0.1, 0.15) is 5.82 Å². The highest BCUT2D eigenvalue weighted by Crippen LogP contribution is 2.22. The molecular weight excluding hydrogens is 301 g/mol. The summed E-state index contributed by atoms with van der Waals surface area (Å²) in [4.78, 5) is 14.2. The van der Waals surface area contributed by atoms with Gasteiger partial charge in [0.15, 0.2) is 0 Å². The van der Waals surface area contributed by atoms with Crippen LogP contribution in [-0.4, -0.2) is 24.4 Å². The minimum absolute atomic E-state index is 0.132. The van der Waals surface area contributed by atoms with Crippen LogP contribution in [0, 0.1) is 5.82 Å². The Kier molecular flexibility index (Phi) is 5.29. The molecule has 0 heterocycles. The molecule has 3 heteroatoms. The topological polar surface area (TPSA) is 20.3 Å². The van der Waals surface area contributed by atoms with Crippen molar-refractivity contribution >= 4 is 5.91 Å². The van der Waals surface area contributed by atoms with E-state index in [0.717, 1.165) is 24.0 Å². The van der Waals surface area contributed by atoms with Gasteiger partial charge in [-0.1, -0.05) is 30.3 Å². The molecule has 0 saturated carbocycles. The number of nitrogens with zero attached hydrogens (tertiary/aromatic N) is 1. The molecule has 0 fully saturated rings. The smallest absolute Gasteiger partial charge is 0.226 e. The van der Waals surface area contributed by atoms with Crippen molar-refractivity contribution in [2.24, 2.45) is 0 Å². The maximum Gasteiger partial charge on any atom is 0.226 e. The standard InChI is InChI=1S/C21H24FNO/c1-23(13-12-16-7-10-20(22)11-8-16)21(24)15-17-6-9-18-4-2-3-5-19(18)14-17/h6-11,14H,2-5,12-13,15H2,1H3. The van der Waals surface area contributed by atoms with E-state index in [2.05, 4.69) is 18.2 Å². The first kappa shape index (κ1) is 16.7. The number of rotatable bonds is 5. The molecule has 0 aromatic heterocycles. The fourth-order valence-corrected chi connectivity index (χ4v) is 3.28. The number of carbonyl (C=O) groups excluding carboxylic acids is 1. The maximum atomic E-state index is 12.9. The van der Waals surface area contributed by atoms with Crippen LogP contribution in [0.2, 0.25) is 0 Å². The van der Waals surface area contributed by atoms with E-state index in [9.17, 15) is 9.18 Å². The Bertz CT molecular complexity index is 708. The summed E-state index contributed by atoms with van der Waals surface area (Å²) >= 11 is 0. The molecule has 24 heavy (non-hydrogen) atoms. The zero-order chi connectivity index (χ0) is 16.9. The Morgan fingerprint density at radius 1 is 1.00 bits per heavy atom. The largest absolute Gasteiger partial charge is 0.345 e. The number of likely N-dealkylation sites (N-methyl/N-ethyl adjacent to an activating group) is 1. The van der Waals surface area contributed by atoms with Gasteiger partial charge in [-0.15, -0.1) is 0 Å². The highest BCUT2D eigenvalue weighted by Gasteiger charge is 2.13. The fraction of sp³-hybridized carbons (Fsp3) is 0.381. The Hall–Kier alpha value is -2.16. The lowest BCUT2D eigenvalue weighted by molar-refractivity contribution is -0.129. The van der Waals surface area contributed by atoms with Gasteiger partial charge >= 0.3 is 0 Å². The summed E-state index contributed by atoms with van der Waals surface area (Å²) in [6, 6.07) is 13.0. The molecule has 0 spiro atoms. The number of benzene rings is 2. The molecule has 0 saturated heterocycles. The molecule has 0 radical (unpaired) electrons. The van der Waals surface area contributed by atoms with E-state index in [1.54, 1.807) is 17.0 Å². The van der Waals surface area contributed by atoms with E-state index in [-0.39, 0.29) is 11.7 Å². The summed E-state index contributed by atoms with van der Waals surface area (Å²) in [5.74, 6) is -0.0940. The quantitative estimate of drug-likeness (QED) is 0.815. The predicted molar refractivity (Wildman–Crippen MR) is 94.5 cm³/mol. The molecule has 0 unspecified atom stereocenters. The molecule has 0 aliphatic heterocycles. The van der Waals surface area contributed by atoms with Crippen molar-refractivity contribution < 1.29 is 9.18 Å². The number of halogens is 1. The SMILES string of the molecule is CN(CCc1ccc(F)cc1)C(=O)Cc1ccc2c(c1)CCCC2. The number of aryl methyl sites for hydroxylation is 2. The first-order valence-electron chi connectivity index (χ1n) is 8.71. The van der Waals surface area contributed by atoms with Crippen molar-refractivity contribution in [3.8, 4) is 0 Å². The van der Waals surface area contributed by atoms with Crippen LogP contribution < -0.4 is 0 Å². The molecule has 0 N–H and O–H groups in total. The molecule has 1 aliphatic rings. The molecule has 0 bridgehead atoms. The zero-order valence-corrected chi connectivity index (χ0v) is 14.2. The Morgan fingerprint density at radius 2 is 1.67 bits per heavy atom. The van der Waals surface area contributed by atoms with Crippen LogP contribution in [0.25, 0.3) is 0 Å². The summed E-state index contributed by atoms with van der Waals surface area (Å²) < 4.78 is 12.9. The van der Waals surface area contributed by atoms with Crippen LogP contribution in [0.1, 0.15) is 35.1 Å². The Labute approximate surface area is 143 Å². The highest BCUT2D eigenvalue weighted by molar-refractivity contribution is 5.78. The van der Waals surface area contributed by atoms with E-state index < -0.39 is 0 Å². The summed E-state index contributed by atoms with van der Waals surface area (Å²) in [6.45, 7) is 0.648. The van der Waals surface area contributed by atoms with Crippen LogP contribution in [-0.2, 0) is 30.5 Å². The Morgan fingerprint density at radius 3 is 2.42 bits per heavy atom. The maximum absolute atomic E-state index is 12.9. The van der Waals surface area contributed by atoms with Crippen LogP contribution in [0.3, 0.4) is 0 Å². The monoisotopic (exact) mass is 325 g/mol. The van der Waals surface area contributed by atoms with Crippen LogP contribution in [0.5, 0.6) is 0 Å². The van der Waals surface area contributed by atoms with Crippen LogP contribution >= 0.6 is 0 Å². The molecule has 1 amide bonds. The van der Waals surface area contributed by atoms with E-state index in [1.807, 2.05) is 7.05 Å². The molecular formula is C21H24FNO. The second-order valence-electron chi connectivity index (χ2n) is 6.68. The second-order valence-corrected chi connectivity index (χ2v) is 6.68. The summed E-state index contributed by atoms with van der Waals surface area (Å²) in [7, 11) is 1.84. The van der Waals surface area contributed by atoms with Gasteiger partial charge < -0.3 is 4.90 Å². The summed E-state index contributed by atoms with van der Waals surface area (Å²) in [5.41, 5.74) is 5.02. The highest BCUT2D eigenvalue weighted by atomic mass is 19.1. The first-order valence-corrected chi connectivity index (χ1v) is 8.71. The van der Waals surface area contributed by atoms with Crippen LogP contribution in [0.15, 0.2) is 42.5 Å². The van der Waals surface area contributed by atoms with Gasteiger partial charge in [0.25, 0.3) is 0 Å². The van der Waals surface area contributed by atoms with Crippen molar-refractivity contribution in [1.82, 2.24) is 4.90 Å². The van der Waals surface area contributed by atoms with E-state index in [0.29, 0.717) is 13.0 Å². The number of hydrogen-bond donors (Lipinski definition) is 0.